The second kappa shape index (κ2) is 9.11. The predicted molar refractivity (Wildman–Crippen MR) is 18.4 cm³/mol. The first-order valence-electron chi connectivity index (χ1n) is 0.532. The fourth-order valence-electron chi connectivity index (χ4n) is 0. The molecule has 43 valence electrons. The Morgan fingerprint density at radius 3 is 1.33 bits per heavy atom. The van der Waals surface area contributed by atoms with E-state index in [1.807, 2.05) is 0 Å². The van der Waals surface area contributed by atoms with E-state index in [-0.39, 0.29) is 22.9 Å². The molecule has 0 aliphatic carbocycles. The minimum atomic E-state index is -2.61. The summed E-state index contributed by atoms with van der Waals surface area (Å²) >= 11 is -2.61. The van der Waals surface area contributed by atoms with Gasteiger partial charge in [-0.05, 0) is 0 Å². The van der Waals surface area contributed by atoms with Crippen LogP contribution in [0.1, 0.15) is 0 Å². The van der Waals surface area contributed by atoms with Gasteiger partial charge in [-0.3, -0.25) is 9.11 Å². The smallest absolute Gasteiger partial charge is 0.299 e. The van der Waals surface area contributed by atoms with Gasteiger partial charge in [0.15, 0.2) is 0 Å². The molecule has 0 aromatic carbocycles. The van der Waals surface area contributed by atoms with Crippen LogP contribution in [0.15, 0.2) is 0 Å². The SMILES string of the molecule is N.O=S(O)O.[Co]. The fraction of sp³-hybridized carbons (Fsp3) is 0. The van der Waals surface area contributed by atoms with E-state index in [4.69, 9.17) is 13.3 Å². The van der Waals surface area contributed by atoms with Crippen LogP contribution in [0.3, 0.4) is 0 Å². The normalized spacial score (nSPS) is 5.83. The summed E-state index contributed by atoms with van der Waals surface area (Å²) in [5.74, 6) is 0. The molecule has 6 heavy (non-hydrogen) atoms. The van der Waals surface area contributed by atoms with Crippen LogP contribution in [0.5, 0.6) is 0 Å². The third-order valence-electron chi connectivity index (χ3n) is 0. The number of rotatable bonds is 0. The molecule has 0 aromatic heterocycles. The van der Waals surface area contributed by atoms with Crippen LogP contribution in [-0.2, 0) is 28.1 Å². The standard InChI is InChI=1S/Co.H3N.H2O3S/c;;1-4(2)3/h;1H3;(H2,1,2,3). The van der Waals surface area contributed by atoms with Crippen LogP contribution in [0, 0.1) is 0 Å². The number of hydrogen-bond donors (Lipinski definition) is 3. The van der Waals surface area contributed by atoms with E-state index in [1.165, 1.54) is 0 Å². The van der Waals surface area contributed by atoms with Crippen molar-refractivity contribution in [3.8, 4) is 0 Å². The Morgan fingerprint density at radius 1 is 1.33 bits per heavy atom. The van der Waals surface area contributed by atoms with Gasteiger partial charge in [0, 0.05) is 16.8 Å². The molecule has 0 rings (SSSR count). The summed E-state index contributed by atoms with van der Waals surface area (Å²) in [6.07, 6.45) is 0. The van der Waals surface area contributed by atoms with E-state index in [2.05, 4.69) is 0 Å². The molecule has 0 aromatic rings. The average molecular weight is 158 g/mol. The van der Waals surface area contributed by atoms with Crippen LogP contribution < -0.4 is 6.15 Å². The monoisotopic (exact) mass is 158 g/mol. The van der Waals surface area contributed by atoms with Gasteiger partial charge in [-0.15, -0.1) is 0 Å². The quantitative estimate of drug-likeness (QED) is 0.427. The second-order valence-corrected chi connectivity index (χ2v) is 0.692. The van der Waals surface area contributed by atoms with E-state index < -0.39 is 11.4 Å². The molecule has 0 atom stereocenters. The average Bonchev–Trinajstić information content (AvgIpc) is 0.811. The largest absolute Gasteiger partial charge is 0.344 e. The Labute approximate surface area is 48.2 Å². The van der Waals surface area contributed by atoms with Gasteiger partial charge in [-0.1, -0.05) is 0 Å². The summed E-state index contributed by atoms with van der Waals surface area (Å²) in [7, 11) is 0. The molecule has 0 bridgehead atoms. The van der Waals surface area contributed by atoms with Crippen molar-refractivity contribution in [1.29, 1.82) is 0 Å². The van der Waals surface area contributed by atoms with E-state index in [9.17, 15) is 0 Å². The van der Waals surface area contributed by atoms with Crippen LogP contribution in [0.25, 0.3) is 0 Å². The fourth-order valence-corrected chi connectivity index (χ4v) is 0. The summed E-state index contributed by atoms with van der Waals surface area (Å²) < 4.78 is 22.8. The molecule has 0 saturated carbocycles. The second-order valence-electron chi connectivity index (χ2n) is 0.231. The van der Waals surface area contributed by atoms with Crippen molar-refractivity contribution in [3.63, 3.8) is 0 Å². The van der Waals surface area contributed by atoms with Gasteiger partial charge in [-0.25, -0.2) is 0 Å². The van der Waals surface area contributed by atoms with Gasteiger partial charge in [0.1, 0.15) is 0 Å². The minimum absolute atomic E-state index is 0. The molecule has 0 unspecified atom stereocenters. The van der Waals surface area contributed by atoms with Crippen LogP contribution in [0.2, 0.25) is 0 Å². The van der Waals surface area contributed by atoms with Crippen molar-refractivity contribution < 1.29 is 30.1 Å². The Hall–Kier alpha value is 0.536. The first kappa shape index (κ1) is 16.0. The summed E-state index contributed by atoms with van der Waals surface area (Å²) in [6.45, 7) is 0. The third-order valence-corrected chi connectivity index (χ3v) is 0. The molecule has 0 spiro atoms. The third kappa shape index (κ3) is 197. The van der Waals surface area contributed by atoms with Crippen molar-refractivity contribution in [2.75, 3.05) is 0 Å². The molecule has 0 aliphatic heterocycles. The molecule has 5 N–H and O–H groups in total. The maximum absolute atomic E-state index is 8.67. The molecule has 0 heterocycles. The molecule has 0 fully saturated rings. The Morgan fingerprint density at radius 2 is 1.33 bits per heavy atom. The molecule has 0 aliphatic rings. The predicted octanol–water partition coefficient (Wildman–Crippen LogP) is -0.159. The molecule has 0 saturated heterocycles. The van der Waals surface area contributed by atoms with E-state index in [0.717, 1.165) is 0 Å². The zero-order chi connectivity index (χ0) is 3.58. The van der Waals surface area contributed by atoms with Crippen molar-refractivity contribution in [1.82, 2.24) is 6.15 Å². The topological polar surface area (TPSA) is 92.5 Å². The molecular formula is H5CoNO3S. The van der Waals surface area contributed by atoms with Crippen molar-refractivity contribution in [3.05, 3.63) is 0 Å². The molecule has 4 nitrogen and oxygen atoms in total. The maximum atomic E-state index is 8.67. The van der Waals surface area contributed by atoms with Crippen molar-refractivity contribution >= 4 is 11.4 Å². The zero-order valence-corrected chi connectivity index (χ0v) is 4.61. The van der Waals surface area contributed by atoms with Crippen LogP contribution in [-0.4, -0.2) is 13.3 Å². The van der Waals surface area contributed by atoms with Gasteiger partial charge < -0.3 is 6.15 Å². The molecule has 6 heteroatoms. The van der Waals surface area contributed by atoms with Crippen LogP contribution >= 0.6 is 0 Å². The van der Waals surface area contributed by atoms with E-state index in [0.29, 0.717) is 0 Å². The molecular weight excluding hydrogens is 153 g/mol. The maximum Gasteiger partial charge on any atom is 0.299 e. The summed E-state index contributed by atoms with van der Waals surface area (Å²) in [5, 5.41) is 0. The minimum Gasteiger partial charge on any atom is -0.344 e. The van der Waals surface area contributed by atoms with Crippen molar-refractivity contribution in [2.45, 2.75) is 0 Å². The van der Waals surface area contributed by atoms with Gasteiger partial charge in [0.2, 0.25) is 0 Å². The summed E-state index contributed by atoms with van der Waals surface area (Å²) in [4.78, 5) is 0. The summed E-state index contributed by atoms with van der Waals surface area (Å²) in [6, 6.07) is 0. The number of hydrogen-bond acceptors (Lipinski definition) is 2. The first-order chi connectivity index (χ1) is 1.73. The van der Waals surface area contributed by atoms with Crippen molar-refractivity contribution in [2.24, 2.45) is 0 Å². The van der Waals surface area contributed by atoms with Gasteiger partial charge >= 0.3 is 0 Å². The van der Waals surface area contributed by atoms with E-state index in [1.54, 1.807) is 0 Å². The molecule has 0 amide bonds. The zero-order valence-electron chi connectivity index (χ0n) is 2.75. The van der Waals surface area contributed by atoms with Gasteiger partial charge in [0.05, 0.1) is 0 Å². The van der Waals surface area contributed by atoms with E-state index >= 15 is 0 Å². The first-order valence-corrected chi connectivity index (χ1v) is 1.60. The Bertz CT molecular complexity index is 33.8. The summed E-state index contributed by atoms with van der Waals surface area (Å²) in [5.41, 5.74) is 0. The Balaban J connectivity index is -0.0000000450. The van der Waals surface area contributed by atoms with Gasteiger partial charge in [0.25, 0.3) is 11.4 Å². The molecule has 1 radical (unpaired) electrons. The van der Waals surface area contributed by atoms with Gasteiger partial charge in [-0.2, -0.15) is 4.21 Å². The van der Waals surface area contributed by atoms with Crippen LogP contribution in [0.4, 0.5) is 0 Å². The Kier molecular flexibility index (Phi) is 24.3.